The van der Waals surface area contributed by atoms with Crippen molar-refractivity contribution in [3.63, 3.8) is 0 Å². The van der Waals surface area contributed by atoms with E-state index in [1.165, 1.54) is 29.6 Å². The van der Waals surface area contributed by atoms with E-state index in [4.69, 9.17) is 44.0 Å². The number of aromatic nitrogens is 12. The van der Waals surface area contributed by atoms with Crippen LogP contribution in [0.1, 0.15) is 18.7 Å². The molecule has 0 bridgehead atoms. The molecule has 416 valence electrons. The number of phosphoric acid groups is 4. The number of nitrogens with zero attached hydrogens (tertiary/aromatic N) is 10. The van der Waals surface area contributed by atoms with Crippen LogP contribution in [0.4, 0.5) is 17.7 Å². The van der Waals surface area contributed by atoms with Crippen LogP contribution < -0.4 is 52.0 Å². The van der Waals surface area contributed by atoms with Crippen molar-refractivity contribution in [2.75, 3.05) is 50.8 Å². The number of hydrogen-bond donors (Lipinski definition) is 9. The molecule has 43 heteroatoms. The fourth-order valence-electron chi connectivity index (χ4n) is 8.42. The molecule has 0 amide bonds. The van der Waals surface area contributed by atoms with Crippen LogP contribution in [-0.4, -0.2) is 163 Å². The minimum atomic E-state index is -6.59. The lowest BCUT2D eigenvalue weighted by molar-refractivity contribution is -0.745. The SMILES string of the molecule is CNc1ncnc2c1ncn2[C@@H]1O[C@H](COP(=O)([O-])OP(=O)([O-])OP(=O)([O-])OC[C@H]2O[C@@H]([n+]3cn(C)c4c(=O)[nH]c(N)nc43)C(O)C2O)C(OP(=O)([O-])OC[C@H]2O[C@@H](n3cnc4c(=O)[nH]c(N)nc43)[C@@H](O)C2O)[C@@H]1OC. The number of ether oxygens (including phenoxy) is 4. The summed E-state index contributed by atoms with van der Waals surface area (Å²) >= 11 is 0. The van der Waals surface area contributed by atoms with E-state index in [0.717, 1.165) is 35.2 Å². The highest BCUT2D eigenvalue weighted by molar-refractivity contribution is 7.65. The standard InChI is InChI=1S/C33H45N15O24P4/c1-36-23-14-24(38-7-37-23)46(8-39-14)31-22(63-3)21(70-73(55,56)64-4-11-17(49)19(51)29(67-11)47-9-40-15-25(47)41-32(34)43-27(15)53)13(69-31)6-66-75(59,60)72-76(61,62)71-74(57,58)65-5-12-18(50)20(52)30(68-12)48-10-45(2)16-26(48)42-33(35)44-28(16)54/h7-13,17-22,29-31,49-52H,4-6H2,1-3H3,(H10-,34,35,36,37,38,41,42,43,44,53,54,55,56,57,58,59,60,61,62)/p-3/t11-,12-,13-,17?,18?,19+,20?,21?,22+,29-,30-,31-/m1/s1. The van der Waals surface area contributed by atoms with Gasteiger partial charge in [0.25, 0.3) is 48.4 Å². The Morgan fingerprint density at radius 2 is 1.28 bits per heavy atom. The molecule has 0 radical (unpaired) electrons. The molecule has 0 aliphatic carbocycles. The van der Waals surface area contributed by atoms with E-state index in [0.29, 0.717) is 0 Å². The molecule has 9 rings (SSSR count). The monoisotopic (exact) mass is 1160 g/mol. The molecule has 3 fully saturated rings. The zero-order chi connectivity index (χ0) is 55.0. The van der Waals surface area contributed by atoms with Crippen LogP contribution in [-0.2, 0) is 71.0 Å². The topological polar surface area (TPSA) is 560 Å². The first-order valence-corrected chi connectivity index (χ1v) is 27.4. The summed E-state index contributed by atoms with van der Waals surface area (Å²) in [4.78, 5) is 106. The van der Waals surface area contributed by atoms with Gasteiger partial charge in [0.15, 0.2) is 41.4 Å². The van der Waals surface area contributed by atoms with E-state index in [1.807, 2.05) is 0 Å². The summed E-state index contributed by atoms with van der Waals surface area (Å²) in [6.07, 6.45) is -16.4. The van der Waals surface area contributed by atoms with E-state index in [2.05, 4.69) is 58.3 Å². The fraction of sp³-hybridized carbons (Fsp3) is 0.545. The molecule has 11 N–H and O–H groups in total. The van der Waals surface area contributed by atoms with E-state index in [1.54, 1.807) is 0 Å². The van der Waals surface area contributed by atoms with E-state index in [-0.39, 0.29) is 51.2 Å². The molecule has 39 nitrogen and oxygen atoms in total. The maximum Gasteiger partial charge on any atom is 0.313 e. The number of nitrogen functional groups attached to an aromatic ring is 2. The van der Waals surface area contributed by atoms with Crippen molar-refractivity contribution < 1.29 is 108 Å². The second-order valence-corrected chi connectivity index (χ2v) is 22.5. The van der Waals surface area contributed by atoms with E-state index < -0.39 is 136 Å². The van der Waals surface area contributed by atoms with Gasteiger partial charge in [0.05, 0.1) is 39.5 Å². The zero-order valence-electron chi connectivity index (χ0n) is 38.7. The summed E-state index contributed by atoms with van der Waals surface area (Å²) in [6, 6.07) is 0. The number of methoxy groups -OCH3 is 1. The Balaban J connectivity index is 0.868. The molecule has 6 aromatic rings. The first-order valence-electron chi connectivity index (χ1n) is 21.5. The van der Waals surface area contributed by atoms with Crippen molar-refractivity contribution in [3.8, 4) is 0 Å². The molecule has 16 atom stereocenters. The maximum atomic E-state index is 13.6. The van der Waals surface area contributed by atoms with Crippen LogP contribution >= 0.6 is 31.3 Å². The number of aryl methyl sites for hydroxylation is 1. The predicted octanol–water partition coefficient (Wildman–Crippen LogP) is -6.78. The summed E-state index contributed by atoms with van der Waals surface area (Å²) in [6.45, 7) is -3.71. The molecule has 8 unspecified atom stereocenters. The van der Waals surface area contributed by atoms with Crippen molar-refractivity contribution in [2.24, 2.45) is 7.05 Å². The normalized spacial score (nSPS) is 30.2. The van der Waals surface area contributed by atoms with Gasteiger partial charge in [-0.2, -0.15) is 4.98 Å². The van der Waals surface area contributed by atoms with Crippen molar-refractivity contribution in [1.29, 1.82) is 0 Å². The molecule has 3 saturated heterocycles. The van der Waals surface area contributed by atoms with Crippen molar-refractivity contribution >= 4 is 82.5 Å². The molecule has 6 aromatic heterocycles. The number of nitrogens with two attached hydrogens (primary N) is 2. The minimum absolute atomic E-state index is 0.0443. The number of H-pyrrole nitrogens is 2. The number of aliphatic hydroxyl groups excluding tert-OH is 4. The maximum absolute atomic E-state index is 13.6. The number of anilines is 3. The Morgan fingerprint density at radius 1 is 0.711 bits per heavy atom. The number of hydrogen-bond acceptors (Lipinski definition) is 33. The molecule has 3 aliphatic heterocycles. The fourth-order valence-corrected chi connectivity index (χ4v) is 12.8. The number of imidazole rings is 3. The number of nitrogens with one attached hydrogen (secondary N) is 3. The minimum Gasteiger partial charge on any atom is -0.756 e. The van der Waals surface area contributed by atoms with Gasteiger partial charge in [0, 0.05) is 14.2 Å². The lowest BCUT2D eigenvalue weighted by atomic mass is 10.1. The Labute approximate surface area is 421 Å². The number of aliphatic hydroxyl groups is 4. The molecule has 0 spiro atoms. The summed E-state index contributed by atoms with van der Waals surface area (Å²) in [5, 5.41) is 45.9. The van der Waals surface area contributed by atoms with Crippen LogP contribution in [0.2, 0.25) is 0 Å². The molecular formula is C33H42N15O24P4-3. The third kappa shape index (κ3) is 11.0. The van der Waals surface area contributed by atoms with Crippen LogP contribution in [0.5, 0.6) is 0 Å². The van der Waals surface area contributed by atoms with Crippen molar-refractivity contribution in [3.05, 3.63) is 46.0 Å². The number of fused-ring (bicyclic) bond motifs is 3. The average Bonchev–Trinajstić information content (AvgIpc) is 4.19. The van der Waals surface area contributed by atoms with Crippen molar-refractivity contribution in [2.45, 2.75) is 73.6 Å². The zero-order valence-corrected chi connectivity index (χ0v) is 42.3. The van der Waals surface area contributed by atoms with Crippen molar-refractivity contribution in [1.82, 2.24) is 53.6 Å². The van der Waals surface area contributed by atoms with Crippen LogP contribution in [0, 0.1) is 0 Å². The van der Waals surface area contributed by atoms with E-state index >= 15 is 0 Å². The third-order valence-corrected chi connectivity index (χ3v) is 16.8. The highest BCUT2D eigenvalue weighted by Crippen LogP contribution is 2.63. The molecule has 0 aromatic carbocycles. The van der Waals surface area contributed by atoms with Gasteiger partial charge in [-0.3, -0.25) is 51.5 Å². The van der Waals surface area contributed by atoms with Gasteiger partial charge in [-0.25, -0.2) is 33.1 Å². The summed E-state index contributed by atoms with van der Waals surface area (Å²) in [5.74, 6) is -0.439. The summed E-state index contributed by atoms with van der Waals surface area (Å²) < 4.78 is 107. The second kappa shape index (κ2) is 20.9. The summed E-state index contributed by atoms with van der Waals surface area (Å²) in [7, 11) is -20.8. The summed E-state index contributed by atoms with van der Waals surface area (Å²) in [5.41, 5.74) is 9.49. The Kier molecular flexibility index (Phi) is 15.3. The molecular weight excluding hydrogens is 1110 g/mol. The lowest BCUT2D eigenvalue weighted by Crippen LogP contribution is -2.46. The molecule has 0 saturated carbocycles. The number of phosphoric ester groups is 3. The third-order valence-electron chi connectivity index (χ3n) is 11.7. The molecule has 3 aliphatic rings. The van der Waals surface area contributed by atoms with Gasteiger partial charge in [-0.05, 0) is 0 Å². The van der Waals surface area contributed by atoms with Crippen LogP contribution in [0.15, 0.2) is 34.9 Å². The smallest absolute Gasteiger partial charge is 0.313 e. The highest BCUT2D eigenvalue weighted by Gasteiger charge is 2.51. The van der Waals surface area contributed by atoms with Gasteiger partial charge in [-0.15, -0.1) is 0 Å². The highest BCUT2D eigenvalue weighted by atomic mass is 31.3. The van der Waals surface area contributed by atoms with Gasteiger partial charge in [0.2, 0.25) is 17.7 Å². The quantitative estimate of drug-likeness (QED) is 0.0253. The van der Waals surface area contributed by atoms with Crippen LogP contribution in [0.3, 0.4) is 0 Å². The first kappa shape index (κ1) is 55.6. The lowest BCUT2D eigenvalue weighted by Gasteiger charge is -2.35. The number of rotatable bonds is 20. The number of aromatic amines is 2. The molecule has 76 heavy (non-hydrogen) atoms. The van der Waals surface area contributed by atoms with Gasteiger partial charge in [-0.1, -0.05) is 4.98 Å². The Bertz CT molecular complexity index is 3490. The molecule has 9 heterocycles. The van der Waals surface area contributed by atoms with Crippen LogP contribution in [0.25, 0.3) is 33.5 Å². The second-order valence-electron chi connectivity index (χ2n) is 16.6. The Morgan fingerprint density at radius 3 is 1.93 bits per heavy atom. The average molecular weight is 1160 g/mol. The first-order chi connectivity index (χ1) is 35.7. The largest absolute Gasteiger partial charge is 0.756 e. The van der Waals surface area contributed by atoms with E-state index in [9.17, 15) is 67.8 Å². The van der Waals surface area contributed by atoms with Gasteiger partial charge in [0.1, 0.15) is 66.8 Å². The van der Waals surface area contributed by atoms with Gasteiger partial charge >= 0.3 is 5.65 Å². The van der Waals surface area contributed by atoms with Gasteiger partial charge < -0.3 is 93.8 Å². The predicted molar refractivity (Wildman–Crippen MR) is 235 cm³/mol. The Hall–Kier alpha value is -5.15.